The summed E-state index contributed by atoms with van der Waals surface area (Å²) in [5, 5.41) is 9.82. The Balaban J connectivity index is 2.00. The van der Waals surface area contributed by atoms with Crippen molar-refractivity contribution in [3.63, 3.8) is 0 Å². The van der Waals surface area contributed by atoms with Crippen molar-refractivity contribution in [1.29, 1.82) is 0 Å². The Morgan fingerprint density at radius 3 is 2.48 bits per heavy atom. The second-order valence-electron chi connectivity index (χ2n) is 6.07. The van der Waals surface area contributed by atoms with Crippen molar-refractivity contribution in [2.24, 2.45) is 5.92 Å². The fourth-order valence-electron chi connectivity index (χ4n) is 2.02. The van der Waals surface area contributed by atoms with Crippen LogP contribution in [0.5, 0.6) is 5.75 Å². The number of rotatable bonds is 8. The number of amides is 2. The minimum atomic E-state index is -1.33. The van der Waals surface area contributed by atoms with Gasteiger partial charge in [0.15, 0.2) is 0 Å². The SMILES string of the molecule is CC(C)COC(=O)CN1C(=O)S/C(=C/c2ccc(OCC(=O)[O-])cc2)C1=O. The molecule has 1 fully saturated rings. The molecule has 1 saturated heterocycles. The average Bonchev–Trinajstić information content (AvgIpc) is 2.86. The lowest BCUT2D eigenvalue weighted by molar-refractivity contribution is -0.307. The molecule has 0 bridgehead atoms. The van der Waals surface area contributed by atoms with Crippen LogP contribution in [-0.4, -0.2) is 47.7 Å². The Labute approximate surface area is 160 Å². The maximum absolute atomic E-state index is 12.3. The van der Waals surface area contributed by atoms with Crippen molar-refractivity contribution in [2.75, 3.05) is 19.8 Å². The topological polar surface area (TPSA) is 113 Å². The molecule has 0 atom stereocenters. The third-order valence-electron chi connectivity index (χ3n) is 3.27. The Morgan fingerprint density at radius 2 is 1.89 bits per heavy atom. The van der Waals surface area contributed by atoms with Crippen molar-refractivity contribution >= 4 is 40.9 Å². The van der Waals surface area contributed by atoms with Gasteiger partial charge in [0.1, 0.15) is 18.9 Å². The number of carbonyl (C=O) groups excluding carboxylic acids is 4. The lowest BCUT2D eigenvalue weighted by atomic mass is 10.2. The first-order chi connectivity index (χ1) is 12.8. The Kier molecular flexibility index (Phi) is 7.00. The van der Waals surface area contributed by atoms with E-state index in [-0.39, 0.29) is 17.4 Å². The highest BCUT2D eigenvalue weighted by atomic mass is 32.2. The van der Waals surface area contributed by atoms with E-state index in [0.717, 1.165) is 16.7 Å². The van der Waals surface area contributed by atoms with E-state index < -0.39 is 36.2 Å². The van der Waals surface area contributed by atoms with Crippen molar-refractivity contribution in [2.45, 2.75) is 13.8 Å². The van der Waals surface area contributed by atoms with E-state index in [1.54, 1.807) is 12.1 Å². The number of carboxylic acid groups (broad SMARTS) is 1. The van der Waals surface area contributed by atoms with Gasteiger partial charge in [-0.1, -0.05) is 26.0 Å². The fourth-order valence-corrected chi connectivity index (χ4v) is 2.86. The van der Waals surface area contributed by atoms with Crippen LogP contribution in [-0.2, 0) is 19.1 Å². The molecule has 0 radical (unpaired) electrons. The number of hydrogen-bond donors (Lipinski definition) is 0. The zero-order chi connectivity index (χ0) is 20.0. The molecule has 144 valence electrons. The van der Waals surface area contributed by atoms with Crippen LogP contribution >= 0.6 is 11.8 Å². The molecule has 2 amide bonds. The molecule has 0 aromatic heterocycles. The number of aliphatic carboxylic acids is 1. The van der Waals surface area contributed by atoms with E-state index in [9.17, 15) is 24.3 Å². The molecule has 1 aliphatic heterocycles. The van der Waals surface area contributed by atoms with Crippen LogP contribution in [0.4, 0.5) is 4.79 Å². The number of carbonyl (C=O) groups is 4. The average molecular weight is 392 g/mol. The second-order valence-corrected chi connectivity index (χ2v) is 7.07. The molecule has 0 aliphatic carbocycles. The molecule has 1 aliphatic rings. The van der Waals surface area contributed by atoms with Gasteiger partial charge in [-0.25, -0.2) is 0 Å². The third-order valence-corrected chi connectivity index (χ3v) is 4.18. The van der Waals surface area contributed by atoms with Crippen molar-refractivity contribution in [3.8, 4) is 5.75 Å². The molecule has 0 N–H and O–H groups in total. The lowest BCUT2D eigenvalue weighted by Crippen LogP contribution is -2.34. The summed E-state index contributed by atoms with van der Waals surface area (Å²) in [4.78, 5) is 47.5. The first-order valence-corrected chi connectivity index (χ1v) is 8.91. The smallest absolute Gasteiger partial charge is 0.326 e. The van der Waals surface area contributed by atoms with Crippen molar-refractivity contribution < 1.29 is 33.8 Å². The van der Waals surface area contributed by atoms with Crippen LogP contribution in [0.3, 0.4) is 0 Å². The summed E-state index contributed by atoms with van der Waals surface area (Å²) < 4.78 is 9.96. The summed E-state index contributed by atoms with van der Waals surface area (Å²) in [6.45, 7) is 2.99. The van der Waals surface area contributed by atoms with Gasteiger partial charge < -0.3 is 19.4 Å². The van der Waals surface area contributed by atoms with Gasteiger partial charge in [-0.05, 0) is 41.5 Å². The maximum Gasteiger partial charge on any atom is 0.326 e. The molecular weight excluding hydrogens is 374 g/mol. The van der Waals surface area contributed by atoms with E-state index in [4.69, 9.17) is 9.47 Å². The van der Waals surface area contributed by atoms with Crippen molar-refractivity contribution in [3.05, 3.63) is 34.7 Å². The van der Waals surface area contributed by atoms with E-state index >= 15 is 0 Å². The first kappa shape index (κ1) is 20.5. The third kappa shape index (κ3) is 6.14. The van der Waals surface area contributed by atoms with Crippen LogP contribution in [0.1, 0.15) is 19.4 Å². The molecule has 9 heteroatoms. The Bertz CT molecular complexity index is 770. The van der Waals surface area contributed by atoms with Gasteiger partial charge in [0.2, 0.25) is 0 Å². The second kappa shape index (κ2) is 9.22. The number of carboxylic acids is 1. The van der Waals surface area contributed by atoms with E-state index in [1.165, 1.54) is 18.2 Å². The largest absolute Gasteiger partial charge is 0.546 e. The summed E-state index contributed by atoms with van der Waals surface area (Å²) in [6, 6.07) is 6.27. The van der Waals surface area contributed by atoms with E-state index in [2.05, 4.69) is 0 Å². The summed E-state index contributed by atoms with van der Waals surface area (Å²) in [5.74, 6) is -2.05. The van der Waals surface area contributed by atoms with Gasteiger partial charge in [0.25, 0.3) is 11.1 Å². The van der Waals surface area contributed by atoms with E-state index in [1.807, 2.05) is 13.8 Å². The van der Waals surface area contributed by atoms with Crippen LogP contribution in [0.15, 0.2) is 29.2 Å². The minimum Gasteiger partial charge on any atom is -0.546 e. The normalized spacial score (nSPS) is 15.5. The quantitative estimate of drug-likeness (QED) is 0.477. The standard InChI is InChI=1S/C18H19NO7S/c1-11(2)9-26-16(22)8-19-17(23)14(27-18(19)24)7-12-3-5-13(6-4-12)25-10-15(20)21/h3-7,11H,8-10H2,1-2H3,(H,20,21)/p-1/b14-7+. The van der Waals surface area contributed by atoms with Crippen LogP contribution in [0.2, 0.25) is 0 Å². The summed E-state index contributed by atoms with van der Waals surface area (Å²) in [7, 11) is 0. The Morgan fingerprint density at radius 1 is 1.22 bits per heavy atom. The van der Waals surface area contributed by atoms with Crippen LogP contribution < -0.4 is 9.84 Å². The van der Waals surface area contributed by atoms with Crippen LogP contribution in [0, 0.1) is 5.92 Å². The lowest BCUT2D eigenvalue weighted by Gasteiger charge is -2.12. The summed E-state index contributed by atoms with van der Waals surface area (Å²) in [5.41, 5.74) is 0.615. The zero-order valence-electron chi connectivity index (χ0n) is 14.8. The van der Waals surface area contributed by atoms with Crippen LogP contribution in [0.25, 0.3) is 6.08 Å². The van der Waals surface area contributed by atoms with Gasteiger partial charge >= 0.3 is 5.97 Å². The number of nitrogens with zero attached hydrogens (tertiary/aromatic N) is 1. The predicted octanol–water partition coefficient (Wildman–Crippen LogP) is 1.05. The monoisotopic (exact) mass is 392 g/mol. The maximum atomic E-state index is 12.3. The molecule has 1 aromatic carbocycles. The highest BCUT2D eigenvalue weighted by molar-refractivity contribution is 8.18. The molecule has 27 heavy (non-hydrogen) atoms. The van der Waals surface area contributed by atoms with Gasteiger partial charge in [-0.2, -0.15) is 0 Å². The number of benzene rings is 1. The fraction of sp³-hybridized carbons (Fsp3) is 0.333. The molecule has 1 heterocycles. The molecule has 1 aromatic rings. The summed E-state index contributed by atoms with van der Waals surface area (Å²) >= 11 is 0.735. The van der Waals surface area contributed by atoms with Crippen molar-refractivity contribution in [1.82, 2.24) is 4.90 Å². The van der Waals surface area contributed by atoms with E-state index in [0.29, 0.717) is 11.3 Å². The highest BCUT2D eigenvalue weighted by Gasteiger charge is 2.36. The number of hydrogen-bond acceptors (Lipinski definition) is 8. The Hall–Kier alpha value is -2.81. The zero-order valence-corrected chi connectivity index (χ0v) is 15.6. The summed E-state index contributed by atoms with van der Waals surface area (Å²) in [6.07, 6.45) is 1.51. The molecular formula is C18H18NO7S-. The molecule has 0 saturated carbocycles. The number of imide groups is 1. The number of ether oxygens (including phenoxy) is 2. The molecule has 2 rings (SSSR count). The molecule has 0 spiro atoms. The first-order valence-electron chi connectivity index (χ1n) is 8.10. The van der Waals surface area contributed by atoms with Gasteiger partial charge in [0, 0.05) is 0 Å². The number of esters is 1. The minimum absolute atomic E-state index is 0.155. The van der Waals surface area contributed by atoms with Gasteiger partial charge in [0.05, 0.1) is 17.5 Å². The molecule has 8 nitrogen and oxygen atoms in total. The van der Waals surface area contributed by atoms with Gasteiger partial charge in [-0.15, -0.1) is 0 Å². The molecule has 0 unspecified atom stereocenters. The predicted molar refractivity (Wildman–Crippen MR) is 95.4 cm³/mol. The van der Waals surface area contributed by atoms with Gasteiger partial charge in [-0.3, -0.25) is 19.3 Å². The highest BCUT2D eigenvalue weighted by Crippen LogP contribution is 2.32. The number of thioether (sulfide) groups is 1.